The van der Waals surface area contributed by atoms with Crippen molar-refractivity contribution in [3.63, 3.8) is 0 Å². The van der Waals surface area contributed by atoms with E-state index in [1.54, 1.807) is 0 Å². The molecule has 0 atom stereocenters. The van der Waals surface area contributed by atoms with Crippen LogP contribution < -0.4 is 0 Å². The molecule has 0 rings (SSSR count). The van der Waals surface area contributed by atoms with Crippen LogP contribution in [0, 0.1) is 0 Å². The first kappa shape index (κ1) is 16.9. The van der Waals surface area contributed by atoms with Crippen LogP contribution in [0.15, 0.2) is 0 Å². The minimum absolute atomic E-state index is 0. The second kappa shape index (κ2) is 13.5. The van der Waals surface area contributed by atoms with Crippen molar-refractivity contribution in [2.24, 2.45) is 0 Å². The fraction of sp³-hybridized carbons (Fsp3) is 1.00. The summed E-state index contributed by atoms with van der Waals surface area (Å²) in [5.41, 5.74) is 0. The molecular formula is C12H27FeN. The van der Waals surface area contributed by atoms with E-state index in [1.165, 1.54) is 58.2 Å². The summed E-state index contributed by atoms with van der Waals surface area (Å²) in [7, 11) is 0. The van der Waals surface area contributed by atoms with Crippen LogP contribution in [0.1, 0.15) is 59.3 Å². The molecule has 0 bridgehead atoms. The maximum absolute atomic E-state index is 2.64. The fourth-order valence-corrected chi connectivity index (χ4v) is 1.48. The van der Waals surface area contributed by atoms with Gasteiger partial charge >= 0.3 is 0 Å². The molecule has 0 aromatic heterocycles. The molecule has 0 saturated carbocycles. The third-order valence-electron chi connectivity index (χ3n) is 2.48. The molecule has 0 aliphatic heterocycles. The maximum atomic E-state index is 2.64. The van der Waals surface area contributed by atoms with Gasteiger partial charge in [-0.1, -0.05) is 40.0 Å². The van der Waals surface area contributed by atoms with E-state index in [1.807, 2.05) is 0 Å². The Morgan fingerprint density at radius 2 is 0.929 bits per heavy atom. The van der Waals surface area contributed by atoms with Gasteiger partial charge in [0.1, 0.15) is 0 Å². The Hall–Kier alpha value is 0.479. The third kappa shape index (κ3) is 10.6. The monoisotopic (exact) mass is 241 g/mol. The Morgan fingerprint density at radius 3 is 1.14 bits per heavy atom. The van der Waals surface area contributed by atoms with Crippen LogP contribution in [0.25, 0.3) is 0 Å². The van der Waals surface area contributed by atoms with E-state index in [9.17, 15) is 0 Å². The Bertz CT molecular complexity index is 77.3. The zero-order valence-electron chi connectivity index (χ0n) is 10.2. The van der Waals surface area contributed by atoms with Crippen LogP contribution in [0.4, 0.5) is 0 Å². The van der Waals surface area contributed by atoms with Crippen molar-refractivity contribution in [3.05, 3.63) is 0 Å². The Morgan fingerprint density at radius 1 is 0.643 bits per heavy atom. The van der Waals surface area contributed by atoms with Gasteiger partial charge in [0.05, 0.1) is 0 Å². The second-order valence-corrected chi connectivity index (χ2v) is 3.90. The van der Waals surface area contributed by atoms with E-state index in [2.05, 4.69) is 25.7 Å². The maximum Gasteiger partial charge on any atom is 0 e. The Balaban J connectivity index is 0. The van der Waals surface area contributed by atoms with Crippen molar-refractivity contribution in [1.82, 2.24) is 4.90 Å². The first-order valence-corrected chi connectivity index (χ1v) is 6.07. The summed E-state index contributed by atoms with van der Waals surface area (Å²) in [5, 5.41) is 0. The minimum atomic E-state index is 0. The van der Waals surface area contributed by atoms with Crippen LogP contribution in [0.3, 0.4) is 0 Å². The molecule has 1 nitrogen and oxygen atoms in total. The molecule has 0 heterocycles. The Kier molecular flexibility index (Phi) is 16.3. The molecule has 0 spiro atoms. The van der Waals surface area contributed by atoms with E-state index in [0.29, 0.717) is 0 Å². The summed E-state index contributed by atoms with van der Waals surface area (Å²) in [6.45, 7) is 10.8. The molecule has 0 aliphatic rings. The SMILES string of the molecule is CCCCN(CCCC)CCCC.[Fe]. The van der Waals surface area contributed by atoms with Crippen molar-refractivity contribution >= 4 is 0 Å². The molecule has 88 valence electrons. The molecule has 14 heavy (non-hydrogen) atoms. The van der Waals surface area contributed by atoms with Crippen LogP contribution in [-0.2, 0) is 17.1 Å². The van der Waals surface area contributed by atoms with Crippen LogP contribution in [-0.4, -0.2) is 24.5 Å². The van der Waals surface area contributed by atoms with E-state index in [-0.39, 0.29) is 17.1 Å². The molecule has 0 aromatic carbocycles. The van der Waals surface area contributed by atoms with Gasteiger partial charge in [-0.25, -0.2) is 0 Å². The smallest absolute Gasteiger partial charge is 0 e. The van der Waals surface area contributed by atoms with Gasteiger partial charge in [0.2, 0.25) is 0 Å². The third-order valence-corrected chi connectivity index (χ3v) is 2.48. The van der Waals surface area contributed by atoms with Crippen molar-refractivity contribution in [2.75, 3.05) is 19.6 Å². The molecule has 2 heteroatoms. The van der Waals surface area contributed by atoms with Gasteiger partial charge in [0, 0.05) is 17.1 Å². The van der Waals surface area contributed by atoms with Gasteiger partial charge in [0.25, 0.3) is 0 Å². The molecule has 0 saturated heterocycles. The van der Waals surface area contributed by atoms with Crippen molar-refractivity contribution in [1.29, 1.82) is 0 Å². The summed E-state index contributed by atoms with van der Waals surface area (Å²) < 4.78 is 0. The van der Waals surface area contributed by atoms with Crippen molar-refractivity contribution in [3.8, 4) is 0 Å². The normalized spacial score (nSPS) is 10.3. The number of hydrogen-bond acceptors (Lipinski definition) is 1. The molecular weight excluding hydrogens is 214 g/mol. The molecule has 0 amide bonds. The molecule has 0 radical (unpaired) electrons. The number of unbranched alkanes of at least 4 members (excludes halogenated alkanes) is 3. The fourth-order valence-electron chi connectivity index (χ4n) is 1.48. The van der Waals surface area contributed by atoms with Gasteiger partial charge in [-0.3, -0.25) is 0 Å². The summed E-state index contributed by atoms with van der Waals surface area (Å²) in [5.74, 6) is 0. The van der Waals surface area contributed by atoms with E-state index in [4.69, 9.17) is 0 Å². The average Bonchev–Trinajstić information content (AvgIpc) is 2.17. The number of rotatable bonds is 9. The summed E-state index contributed by atoms with van der Waals surface area (Å²) in [4.78, 5) is 2.64. The molecule has 0 N–H and O–H groups in total. The van der Waals surface area contributed by atoms with Crippen LogP contribution in [0.5, 0.6) is 0 Å². The van der Waals surface area contributed by atoms with Gasteiger partial charge in [0.15, 0.2) is 0 Å². The van der Waals surface area contributed by atoms with Gasteiger partial charge in [-0.05, 0) is 38.9 Å². The van der Waals surface area contributed by atoms with Crippen LogP contribution in [0.2, 0.25) is 0 Å². The summed E-state index contributed by atoms with van der Waals surface area (Å²) in [6.07, 6.45) is 8.09. The van der Waals surface area contributed by atoms with E-state index in [0.717, 1.165) is 0 Å². The van der Waals surface area contributed by atoms with Crippen LogP contribution >= 0.6 is 0 Å². The Labute approximate surface area is 101 Å². The zero-order valence-corrected chi connectivity index (χ0v) is 11.3. The molecule has 0 unspecified atom stereocenters. The topological polar surface area (TPSA) is 3.24 Å². The predicted molar refractivity (Wildman–Crippen MR) is 61.2 cm³/mol. The first-order valence-electron chi connectivity index (χ1n) is 6.07. The predicted octanol–water partition coefficient (Wildman–Crippen LogP) is 3.69. The standard InChI is InChI=1S/C12H27N.Fe/c1-4-7-10-13(11-8-5-2)12-9-6-3;/h4-12H2,1-3H3;. The molecule has 0 aromatic rings. The second-order valence-electron chi connectivity index (χ2n) is 3.90. The largest absolute Gasteiger partial charge is 0.303 e. The minimum Gasteiger partial charge on any atom is -0.303 e. The summed E-state index contributed by atoms with van der Waals surface area (Å²) >= 11 is 0. The summed E-state index contributed by atoms with van der Waals surface area (Å²) in [6, 6.07) is 0. The number of nitrogens with zero attached hydrogens (tertiary/aromatic N) is 1. The van der Waals surface area contributed by atoms with Gasteiger partial charge in [-0.2, -0.15) is 0 Å². The van der Waals surface area contributed by atoms with Crippen molar-refractivity contribution < 1.29 is 17.1 Å². The van der Waals surface area contributed by atoms with Gasteiger partial charge < -0.3 is 4.90 Å². The van der Waals surface area contributed by atoms with Crippen molar-refractivity contribution in [2.45, 2.75) is 59.3 Å². The quantitative estimate of drug-likeness (QED) is 0.556. The number of hydrogen-bond donors (Lipinski definition) is 0. The molecule has 0 aliphatic carbocycles. The average molecular weight is 241 g/mol. The first-order chi connectivity index (χ1) is 6.35. The van der Waals surface area contributed by atoms with E-state index >= 15 is 0 Å². The zero-order chi connectivity index (χ0) is 9.94. The van der Waals surface area contributed by atoms with E-state index < -0.39 is 0 Å². The molecule has 0 fully saturated rings. The van der Waals surface area contributed by atoms with Gasteiger partial charge in [-0.15, -0.1) is 0 Å².